The molecular formula is C8H10O3. The van der Waals surface area contributed by atoms with Gasteiger partial charge in [-0.15, -0.1) is 0 Å². The van der Waals surface area contributed by atoms with Gasteiger partial charge in [0.2, 0.25) is 0 Å². The van der Waals surface area contributed by atoms with E-state index in [0.29, 0.717) is 5.92 Å². The minimum Gasteiger partial charge on any atom is -0.481 e. The molecule has 2 bridgehead atoms. The molecule has 0 radical (unpaired) electrons. The summed E-state index contributed by atoms with van der Waals surface area (Å²) in [6.07, 6.45) is 3.27. The van der Waals surface area contributed by atoms with Gasteiger partial charge in [-0.3, -0.25) is 4.79 Å². The van der Waals surface area contributed by atoms with Crippen LogP contribution >= 0.6 is 0 Å². The van der Waals surface area contributed by atoms with E-state index in [4.69, 9.17) is 9.84 Å². The Morgan fingerprint density at radius 2 is 2.36 bits per heavy atom. The fraction of sp³-hybridized carbons (Fsp3) is 0.875. The zero-order chi connectivity index (χ0) is 7.64. The Morgan fingerprint density at radius 1 is 1.55 bits per heavy atom. The fourth-order valence-electron chi connectivity index (χ4n) is 2.86. The second-order valence-corrected chi connectivity index (χ2v) is 3.90. The normalized spacial score (nSPS) is 57.6. The van der Waals surface area contributed by atoms with Crippen molar-refractivity contribution in [1.82, 2.24) is 0 Å². The molecule has 1 aliphatic carbocycles. The van der Waals surface area contributed by atoms with E-state index >= 15 is 0 Å². The first-order chi connectivity index (χ1) is 5.25. The molecule has 2 saturated heterocycles. The van der Waals surface area contributed by atoms with E-state index in [-0.39, 0.29) is 12.2 Å². The Bertz CT molecular complexity index is 237. The molecule has 3 nitrogen and oxygen atoms in total. The maximum Gasteiger partial charge on any atom is 0.312 e. The van der Waals surface area contributed by atoms with E-state index in [1.165, 1.54) is 0 Å². The summed E-state index contributed by atoms with van der Waals surface area (Å²) in [5.41, 5.74) is -0.428. The van der Waals surface area contributed by atoms with Crippen molar-refractivity contribution in [2.45, 2.75) is 31.5 Å². The van der Waals surface area contributed by atoms with E-state index < -0.39 is 11.4 Å². The van der Waals surface area contributed by atoms with Crippen LogP contribution in [0.5, 0.6) is 0 Å². The molecule has 60 valence electrons. The highest BCUT2D eigenvalue weighted by Crippen LogP contribution is 2.68. The summed E-state index contributed by atoms with van der Waals surface area (Å²) in [5.74, 6) is -0.270. The van der Waals surface area contributed by atoms with Crippen molar-refractivity contribution in [3.8, 4) is 0 Å². The van der Waals surface area contributed by atoms with Crippen molar-refractivity contribution in [3.63, 3.8) is 0 Å². The number of carbonyl (C=O) groups is 1. The number of carboxylic acid groups (broad SMARTS) is 1. The lowest BCUT2D eigenvalue weighted by Crippen LogP contribution is -2.28. The maximum absolute atomic E-state index is 10.9. The summed E-state index contributed by atoms with van der Waals surface area (Å²) in [6, 6.07) is 0. The summed E-state index contributed by atoms with van der Waals surface area (Å²) in [4.78, 5) is 10.9. The molecule has 0 aromatic carbocycles. The van der Waals surface area contributed by atoms with Crippen LogP contribution in [0.25, 0.3) is 0 Å². The molecule has 3 rings (SSSR count). The molecule has 4 unspecified atom stereocenters. The Balaban J connectivity index is 2.00. The molecule has 2 heterocycles. The Morgan fingerprint density at radius 3 is 2.82 bits per heavy atom. The SMILES string of the molecule is O=C(O)C12CC1C1CCC2O1. The summed E-state index contributed by atoms with van der Waals surface area (Å²) in [7, 11) is 0. The van der Waals surface area contributed by atoms with Crippen molar-refractivity contribution in [2.75, 3.05) is 0 Å². The van der Waals surface area contributed by atoms with Gasteiger partial charge in [0.25, 0.3) is 0 Å². The highest BCUT2D eigenvalue weighted by atomic mass is 16.5. The average molecular weight is 154 g/mol. The molecule has 11 heavy (non-hydrogen) atoms. The maximum atomic E-state index is 10.9. The third-order valence-electron chi connectivity index (χ3n) is 3.53. The van der Waals surface area contributed by atoms with Crippen LogP contribution in [0.2, 0.25) is 0 Å². The van der Waals surface area contributed by atoms with Crippen LogP contribution in [0.4, 0.5) is 0 Å². The molecule has 3 fully saturated rings. The quantitative estimate of drug-likeness (QED) is 0.602. The Labute approximate surface area is 64.3 Å². The third kappa shape index (κ3) is 0.466. The van der Waals surface area contributed by atoms with E-state index in [9.17, 15) is 4.79 Å². The smallest absolute Gasteiger partial charge is 0.312 e. The van der Waals surface area contributed by atoms with Gasteiger partial charge in [0.15, 0.2) is 0 Å². The van der Waals surface area contributed by atoms with Gasteiger partial charge in [0.05, 0.1) is 17.6 Å². The Hall–Kier alpha value is -0.570. The number of aliphatic carboxylic acids is 1. The van der Waals surface area contributed by atoms with Crippen LogP contribution in [0.15, 0.2) is 0 Å². The molecule has 2 aliphatic heterocycles. The molecule has 1 N–H and O–H groups in total. The monoisotopic (exact) mass is 154 g/mol. The van der Waals surface area contributed by atoms with Crippen molar-refractivity contribution in [1.29, 1.82) is 0 Å². The lowest BCUT2D eigenvalue weighted by Gasteiger charge is -2.14. The zero-order valence-electron chi connectivity index (χ0n) is 6.12. The highest BCUT2D eigenvalue weighted by molar-refractivity contribution is 5.80. The van der Waals surface area contributed by atoms with Crippen molar-refractivity contribution >= 4 is 5.97 Å². The van der Waals surface area contributed by atoms with Crippen molar-refractivity contribution < 1.29 is 14.6 Å². The van der Waals surface area contributed by atoms with Crippen LogP contribution < -0.4 is 0 Å². The van der Waals surface area contributed by atoms with Crippen LogP contribution in [-0.4, -0.2) is 23.3 Å². The fourth-order valence-corrected chi connectivity index (χ4v) is 2.86. The molecule has 4 atom stereocenters. The van der Waals surface area contributed by atoms with Gasteiger partial charge in [0.1, 0.15) is 0 Å². The summed E-state index contributed by atoms with van der Waals surface area (Å²) < 4.78 is 5.52. The van der Waals surface area contributed by atoms with Crippen LogP contribution in [0.3, 0.4) is 0 Å². The second-order valence-electron chi connectivity index (χ2n) is 3.90. The molecule has 3 aliphatic rings. The number of rotatable bonds is 1. The predicted molar refractivity (Wildman–Crippen MR) is 36.1 cm³/mol. The molecule has 0 aromatic heterocycles. The summed E-state index contributed by atoms with van der Waals surface area (Å²) in [5, 5.41) is 8.96. The van der Waals surface area contributed by atoms with Crippen LogP contribution in [0, 0.1) is 11.3 Å². The number of ether oxygens (including phenoxy) is 1. The molecular weight excluding hydrogens is 144 g/mol. The van der Waals surface area contributed by atoms with Gasteiger partial charge in [-0.25, -0.2) is 0 Å². The van der Waals surface area contributed by atoms with Crippen LogP contribution in [0.1, 0.15) is 19.3 Å². The summed E-state index contributed by atoms with van der Waals surface area (Å²) in [6.45, 7) is 0. The topological polar surface area (TPSA) is 46.5 Å². The minimum atomic E-state index is -0.630. The number of hydrogen-bond acceptors (Lipinski definition) is 2. The van der Waals surface area contributed by atoms with Crippen molar-refractivity contribution in [3.05, 3.63) is 0 Å². The van der Waals surface area contributed by atoms with Gasteiger partial charge in [-0.05, 0) is 19.3 Å². The lowest BCUT2D eigenvalue weighted by atomic mass is 9.88. The van der Waals surface area contributed by atoms with Gasteiger partial charge in [-0.2, -0.15) is 0 Å². The minimum absolute atomic E-state index is 0.0509. The molecule has 1 saturated carbocycles. The summed E-state index contributed by atoms with van der Waals surface area (Å²) >= 11 is 0. The first kappa shape index (κ1) is 6.00. The Kier molecular flexibility index (Phi) is 0.796. The lowest BCUT2D eigenvalue weighted by molar-refractivity contribution is -0.146. The predicted octanol–water partition coefficient (Wildman–Crippen LogP) is 0.639. The first-order valence-corrected chi connectivity index (χ1v) is 4.14. The zero-order valence-corrected chi connectivity index (χ0v) is 6.12. The van der Waals surface area contributed by atoms with Gasteiger partial charge < -0.3 is 9.84 Å². The van der Waals surface area contributed by atoms with Gasteiger partial charge >= 0.3 is 5.97 Å². The van der Waals surface area contributed by atoms with Crippen molar-refractivity contribution in [2.24, 2.45) is 11.3 Å². The highest BCUT2D eigenvalue weighted by Gasteiger charge is 2.75. The molecule has 0 spiro atoms. The van der Waals surface area contributed by atoms with E-state index in [1.54, 1.807) is 0 Å². The largest absolute Gasteiger partial charge is 0.481 e. The molecule has 3 heteroatoms. The van der Waals surface area contributed by atoms with Crippen LogP contribution in [-0.2, 0) is 9.53 Å². The third-order valence-corrected chi connectivity index (χ3v) is 3.53. The first-order valence-electron chi connectivity index (χ1n) is 4.14. The second kappa shape index (κ2) is 1.46. The van der Waals surface area contributed by atoms with Gasteiger partial charge in [-0.1, -0.05) is 0 Å². The average Bonchev–Trinajstić information content (AvgIpc) is 2.50. The number of fused-ring (bicyclic) bond motifs is 5. The number of hydrogen-bond donors (Lipinski definition) is 1. The van der Waals surface area contributed by atoms with E-state index in [0.717, 1.165) is 19.3 Å². The van der Waals surface area contributed by atoms with E-state index in [2.05, 4.69) is 0 Å². The number of carboxylic acids is 1. The van der Waals surface area contributed by atoms with E-state index in [1.807, 2.05) is 0 Å². The standard InChI is InChI=1S/C8H10O3/c9-7(10)8-3-4(8)5-1-2-6(8)11-5/h4-6H,1-3H2,(H,9,10). The molecule has 0 amide bonds. The van der Waals surface area contributed by atoms with Gasteiger partial charge in [0, 0.05) is 5.92 Å². The molecule has 0 aromatic rings.